The lowest BCUT2D eigenvalue weighted by atomic mass is 10.0. The number of rotatable bonds is 4. The second kappa shape index (κ2) is 7.65. The maximum atomic E-state index is 12.8. The molecule has 0 spiro atoms. The molecule has 0 unspecified atom stereocenters. The zero-order valence-electron chi connectivity index (χ0n) is 16.5. The van der Waals surface area contributed by atoms with Gasteiger partial charge >= 0.3 is 0 Å². The topological polar surface area (TPSA) is 79.6 Å². The van der Waals surface area contributed by atoms with Crippen molar-refractivity contribution in [1.82, 2.24) is 4.31 Å². The molecule has 1 N–H and O–H groups in total. The fourth-order valence-electron chi connectivity index (χ4n) is 3.66. The van der Waals surface area contributed by atoms with E-state index in [0.717, 1.165) is 23.8 Å². The molecule has 1 fully saturated rings. The zero-order valence-corrected chi connectivity index (χ0v) is 17.3. The number of nitrogens with one attached hydrogen (secondary N) is 1. The molecular weight excluding hydrogens is 388 g/mol. The third kappa shape index (κ3) is 3.80. The van der Waals surface area contributed by atoms with Gasteiger partial charge in [0.2, 0.25) is 10.0 Å². The fourth-order valence-corrected chi connectivity index (χ4v) is 5.13. The monoisotopic (exact) mass is 412 g/mol. The summed E-state index contributed by atoms with van der Waals surface area (Å²) in [6, 6.07) is 13.8. The first-order valence-electron chi connectivity index (χ1n) is 9.76. The van der Waals surface area contributed by atoms with Crippen molar-refractivity contribution in [2.24, 2.45) is 5.92 Å². The number of aryl methyl sites for hydroxylation is 1. The number of carbonyl (C=O) groups excluding carboxylic acids is 1. The zero-order chi connectivity index (χ0) is 20.6. The molecule has 0 radical (unpaired) electrons. The van der Waals surface area contributed by atoms with Gasteiger partial charge in [-0.3, -0.25) is 4.79 Å². The van der Waals surface area contributed by atoms with Crippen LogP contribution in [0.4, 0.5) is 5.69 Å². The number of fused-ring (bicyclic) bond motifs is 1. The van der Waals surface area contributed by atoms with Gasteiger partial charge in [-0.2, -0.15) is 4.31 Å². The molecule has 3 aromatic rings. The molecular formula is C22H24N2O4S. The summed E-state index contributed by atoms with van der Waals surface area (Å²) in [5.41, 5.74) is 1.95. The Kier molecular flexibility index (Phi) is 5.19. The van der Waals surface area contributed by atoms with E-state index in [-0.39, 0.29) is 16.6 Å². The predicted molar refractivity (Wildman–Crippen MR) is 113 cm³/mol. The number of amides is 1. The third-order valence-electron chi connectivity index (χ3n) is 5.54. The molecule has 0 aliphatic carbocycles. The number of furan rings is 1. The maximum absolute atomic E-state index is 12.8. The van der Waals surface area contributed by atoms with Crippen LogP contribution in [0.2, 0.25) is 0 Å². The third-order valence-corrected chi connectivity index (χ3v) is 7.46. The van der Waals surface area contributed by atoms with E-state index in [1.807, 2.05) is 31.2 Å². The van der Waals surface area contributed by atoms with Crippen molar-refractivity contribution in [3.8, 4) is 0 Å². The van der Waals surface area contributed by atoms with Crippen molar-refractivity contribution < 1.29 is 17.6 Å². The van der Waals surface area contributed by atoms with E-state index in [4.69, 9.17) is 4.42 Å². The van der Waals surface area contributed by atoms with Gasteiger partial charge in [-0.25, -0.2) is 8.42 Å². The van der Waals surface area contributed by atoms with E-state index in [2.05, 4.69) is 12.2 Å². The minimum absolute atomic E-state index is 0.241. The van der Waals surface area contributed by atoms with Gasteiger partial charge in [-0.1, -0.05) is 25.1 Å². The molecule has 0 saturated carbocycles. The van der Waals surface area contributed by atoms with E-state index in [9.17, 15) is 13.2 Å². The van der Waals surface area contributed by atoms with Gasteiger partial charge in [0.1, 0.15) is 5.58 Å². The summed E-state index contributed by atoms with van der Waals surface area (Å²) in [7, 11) is -3.50. The van der Waals surface area contributed by atoms with Crippen molar-refractivity contribution in [2.45, 2.75) is 31.6 Å². The summed E-state index contributed by atoms with van der Waals surface area (Å²) >= 11 is 0. The first-order chi connectivity index (χ1) is 13.9. The Morgan fingerprint density at radius 2 is 1.72 bits per heavy atom. The number of nitrogens with zero attached hydrogens (tertiary/aromatic N) is 1. The first kappa shape index (κ1) is 19.7. The Labute approximate surface area is 170 Å². The molecule has 1 aliphatic rings. The average Bonchev–Trinajstić information content (AvgIpc) is 3.06. The fraction of sp³-hybridized carbons (Fsp3) is 0.318. The SMILES string of the molecule is Cc1c(C(=O)Nc2ccc(S(=O)(=O)N3CCC(C)CC3)cc2)oc2ccccc12. The van der Waals surface area contributed by atoms with Crippen molar-refractivity contribution in [3.63, 3.8) is 0 Å². The molecule has 2 aromatic carbocycles. The Bertz CT molecular complexity index is 1140. The molecule has 29 heavy (non-hydrogen) atoms. The highest BCUT2D eigenvalue weighted by atomic mass is 32.2. The Morgan fingerprint density at radius 1 is 1.07 bits per heavy atom. The number of para-hydroxylation sites is 1. The molecule has 152 valence electrons. The van der Waals surface area contributed by atoms with Crippen LogP contribution in [0.3, 0.4) is 0 Å². The first-order valence-corrected chi connectivity index (χ1v) is 11.2. The maximum Gasteiger partial charge on any atom is 0.291 e. The van der Waals surface area contributed by atoms with Gasteiger partial charge in [-0.05, 0) is 56.0 Å². The normalized spacial score (nSPS) is 16.2. The molecule has 7 heteroatoms. The predicted octanol–water partition coefficient (Wildman–Crippen LogP) is 4.41. The summed E-state index contributed by atoms with van der Waals surface area (Å²) in [5, 5.41) is 3.68. The largest absolute Gasteiger partial charge is 0.451 e. The molecule has 0 bridgehead atoms. The number of benzene rings is 2. The number of carbonyl (C=O) groups is 1. The molecule has 1 saturated heterocycles. The number of anilines is 1. The Morgan fingerprint density at radius 3 is 2.38 bits per heavy atom. The van der Waals surface area contributed by atoms with Crippen LogP contribution in [0, 0.1) is 12.8 Å². The van der Waals surface area contributed by atoms with Gasteiger partial charge in [0.15, 0.2) is 5.76 Å². The molecule has 4 rings (SSSR count). The smallest absolute Gasteiger partial charge is 0.291 e. The summed E-state index contributed by atoms with van der Waals surface area (Å²) in [6.45, 7) is 5.09. The molecule has 1 aromatic heterocycles. The van der Waals surface area contributed by atoms with Crippen molar-refractivity contribution in [3.05, 3.63) is 59.9 Å². The van der Waals surface area contributed by atoms with Crippen LogP contribution in [0.1, 0.15) is 35.9 Å². The van der Waals surface area contributed by atoms with Gasteiger partial charge in [-0.15, -0.1) is 0 Å². The molecule has 1 aliphatic heterocycles. The lowest BCUT2D eigenvalue weighted by Gasteiger charge is -2.29. The van der Waals surface area contributed by atoms with E-state index >= 15 is 0 Å². The van der Waals surface area contributed by atoms with E-state index in [1.54, 1.807) is 16.4 Å². The lowest BCUT2D eigenvalue weighted by Crippen LogP contribution is -2.37. The molecule has 1 amide bonds. The summed E-state index contributed by atoms with van der Waals surface area (Å²) in [6.07, 6.45) is 1.76. The van der Waals surface area contributed by atoms with Crippen molar-refractivity contribution >= 4 is 32.6 Å². The number of sulfonamides is 1. The van der Waals surface area contributed by atoms with E-state index in [0.29, 0.717) is 30.3 Å². The Balaban J connectivity index is 1.50. The average molecular weight is 413 g/mol. The highest BCUT2D eigenvalue weighted by Crippen LogP contribution is 2.27. The number of hydrogen-bond donors (Lipinski definition) is 1. The standard InChI is InChI=1S/C22H24N2O4S/c1-15-11-13-24(14-12-15)29(26,27)18-9-7-17(8-10-18)23-22(25)21-16(2)19-5-3-4-6-20(19)28-21/h3-10,15H,11-14H2,1-2H3,(H,23,25). The van der Waals surface area contributed by atoms with Gasteiger partial charge in [0, 0.05) is 29.7 Å². The van der Waals surface area contributed by atoms with Crippen LogP contribution in [0.25, 0.3) is 11.0 Å². The Hall–Kier alpha value is -2.64. The van der Waals surface area contributed by atoms with E-state index in [1.165, 1.54) is 12.1 Å². The molecule has 6 nitrogen and oxygen atoms in total. The lowest BCUT2D eigenvalue weighted by molar-refractivity contribution is 0.0998. The minimum Gasteiger partial charge on any atom is -0.451 e. The minimum atomic E-state index is -3.50. The van der Waals surface area contributed by atoms with Crippen LogP contribution in [-0.2, 0) is 10.0 Å². The highest BCUT2D eigenvalue weighted by Gasteiger charge is 2.28. The van der Waals surface area contributed by atoms with Crippen molar-refractivity contribution in [1.29, 1.82) is 0 Å². The van der Waals surface area contributed by atoms with Crippen LogP contribution in [-0.4, -0.2) is 31.7 Å². The van der Waals surface area contributed by atoms with Crippen LogP contribution in [0.5, 0.6) is 0 Å². The van der Waals surface area contributed by atoms with Crippen molar-refractivity contribution in [2.75, 3.05) is 18.4 Å². The van der Waals surface area contributed by atoms with Crippen LogP contribution >= 0.6 is 0 Å². The summed E-state index contributed by atoms with van der Waals surface area (Å²) < 4.78 is 32.9. The second-order valence-corrected chi connectivity index (χ2v) is 9.56. The number of hydrogen-bond acceptors (Lipinski definition) is 4. The molecule has 0 atom stereocenters. The van der Waals surface area contributed by atoms with Crippen LogP contribution in [0.15, 0.2) is 57.8 Å². The van der Waals surface area contributed by atoms with Crippen LogP contribution < -0.4 is 5.32 Å². The van der Waals surface area contributed by atoms with Gasteiger partial charge in [0.25, 0.3) is 5.91 Å². The highest BCUT2D eigenvalue weighted by molar-refractivity contribution is 7.89. The number of piperidine rings is 1. The second-order valence-electron chi connectivity index (χ2n) is 7.62. The van der Waals surface area contributed by atoms with E-state index < -0.39 is 10.0 Å². The summed E-state index contributed by atoms with van der Waals surface area (Å²) in [4.78, 5) is 12.9. The van der Waals surface area contributed by atoms with Gasteiger partial charge < -0.3 is 9.73 Å². The quantitative estimate of drug-likeness (QED) is 0.688. The summed E-state index contributed by atoms with van der Waals surface area (Å²) in [5.74, 6) is 0.449. The molecule has 2 heterocycles. The van der Waals surface area contributed by atoms with Gasteiger partial charge in [0.05, 0.1) is 4.90 Å².